The Morgan fingerprint density at radius 3 is 2.67 bits per heavy atom. The lowest BCUT2D eigenvalue weighted by Crippen LogP contribution is -2.61. The summed E-state index contributed by atoms with van der Waals surface area (Å²) < 4.78 is 0. The van der Waals surface area contributed by atoms with Gasteiger partial charge in [-0.25, -0.2) is 0 Å². The highest BCUT2D eigenvalue weighted by atomic mass is 35.5. The number of amides is 1. The minimum Gasteiger partial charge on any atom is -0.386 e. The van der Waals surface area contributed by atoms with Crippen LogP contribution in [0.1, 0.15) is 17.3 Å². The number of nitrogens with zero attached hydrogens (tertiary/aromatic N) is 2. The van der Waals surface area contributed by atoms with Gasteiger partial charge in [0.25, 0.3) is 11.6 Å². The molecule has 0 bridgehead atoms. The molecule has 7 heteroatoms. The summed E-state index contributed by atoms with van der Waals surface area (Å²) in [4.78, 5) is 23.6. The van der Waals surface area contributed by atoms with E-state index in [4.69, 9.17) is 11.6 Å². The number of nitro groups is 1. The van der Waals surface area contributed by atoms with Gasteiger partial charge in [-0.1, -0.05) is 11.6 Å². The monoisotopic (exact) mass is 270 g/mol. The second-order valence-corrected chi connectivity index (χ2v) is 5.01. The number of rotatable bonds is 2. The molecule has 0 saturated carbocycles. The van der Waals surface area contributed by atoms with Crippen LogP contribution in [0.2, 0.25) is 5.02 Å². The Balaban J connectivity index is 2.30. The number of nitro benzene ring substituents is 1. The molecule has 0 atom stereocenters. The first-order chi connectivity index (χ1) is 8.30. The van der Waals surface area contributed by atoms with Gasteiger partial charge >= 0.3 is 0 Å². The SMILES string of the molecule is CC1(O)CN(C(=O)c2cc(Cl)ccc2[N+](=O)[O-])C1. The van der Waals surface area contributed by atoms with Crippen LogP contribution in [0.5, 0.6) is 0 Å². The van der Waals surface area contributed by atoms with Crippen LogP contribution in [0.3, 0.4) is 0 Å². The van der Waals surface area contributed by atoms with Crippen LogP contribution in [0.15, 0.2) is 18.2 Å². The van der Waals surface area contributed by atoms with Crippen LogP contribution in [-0.4, -0.2) is 39.5 Å². The van der Waals surface area contributed by atoms with Gasteiger partial charge in [0.05, 0.1) is 23.6 Å². The van der Waals surface area contributed by atoms with Crippen LogP contribution in [0.4, 0.5) is 5.69 Å². The molecule has 0 aliphatic carbocycles. The van der Waals surface area contributed by atoms with E-state index >= 15 is 0 Å². The summed E-state index contributed by atoms with van der Waals surface area (Å²) in [5, 5.41) is 20.7. The molecule has 0 radical (unpaired) electrons. The average Bonchev–Trinajstić information content (AvgIpc) is 2.24. The fourth-order valence-electron chi connectivity index (χ4n) is 1.93. The third-order valence-electron chi connectivity index (χ3n) is 2.74. The maximum atomic E-state index is 12.0. The standard InChI is InChI=1S/C11H11ClN2O4/c1-11(16)5-13(6-11)10(15)8-4-7(12)2-3-9(8)14(17)18/h2-4,16H,5-6H2,1H3. The number of hydrogen-bond donors (Lipinski definition) is 1. The number of β-amino-alcohol motifs (C(OH)–C–C–N with tert-alkyl or cyclic N) is 1. The number of carbonyl (C=O) groups excluding carboxylic acids is 1. The normalized spacial score (nSPS) is 17.2. The topological polar surface area (TPSA) is 83.7 Å². The molecule has 1 N–H and O–H groups in total. The van der Waals surface area contributed by atoms with Crippen LogP contribution in [0, 0.1) is 10.1 Å². The Hall–Kier alpha value is -1.66. The molecule has 1 fully saturated rings. The zero-order chi connectivity index (χ0) is 13.5. The molecule has 1 amide bonds. The number of likely N-dealkylation sites (tertiary alicyclic amines) is 1. The average molecular weight is 271 g/mol. The number of carbonyl (C=O) groups is 1. The summed E-state index contributed by atoms with van der Waals surface area (Å²) in [5.74, 6) is -0.490. The van der Waals surface area contributed by atoms with Crippen molar-refractivity contribution in [2.75, 3.05) is 13.1 Å². The molecule has 0 aromatic heterocycles. The van der Waals surface area contributed by atoms with Crippen molar-refractivity contribution in [3.8, 4) is 0 Å². The van der Waals surface area contributed by atoms with Crippen LogP contribution < -0.4 is 0 Å². The molecule has 0 spiro atoms. The summed E-state index contributed by atoms with van der Waals surface area (Å²) in [6, 6.07) is 3.84. The second-order valence-electron chi connectivity index (χ2n) is 4.58. The predicted molar refractivity (Wildman–Crippen MR) is 64.6 cm³/mol. The quantitative estimate of drug-likeness (QED) is 0.651. The van der Waals surface area contributed by atoms with Crippen molar-refractivity contribution in [1.82, 2.24) is 4.90 Å². The van der Waals surface area contributed by atoms with E-state index < -0.39 is 16.4 Å². The maximum absolute atomic E-state index is 12.0. The third kappa shape index (κ3) is 2.30. The maximum Gasteiger partial charge on any atom is 0.282 e. The van der Waals surface area contributed by atoms with Gasteiger partial charge in [-0.2, -0.15) is 0 Å². The second kappa shape index (κ2) is 4.22. The van der Waals surface area contributed by atoms with Crippen molar-refractivity contribution in [1.29, 1.82) is 0 Å². The molecule has 2 rings (SSSR count). The summed E-state index contributed by atoms with van der Waals surface area (Å²) in [6.07, 6.45) is 0. The van der Waals surface area contributed by atoms with Gasteiger partial charge < -0.3 is 10.0 Å². The van der Waals surface area contributed by atoms with Gasteiger partial charge in [0.1, 0.15) is 5.56 Å². The minimum atomic E-state index is -0.914. The van der Waals surface area contributed by atoms with Crippen molar-refractivity contribution >= 4 is 23.2 Å². The molecule has 6 nitrogen and oxygen atoms in total. The van der Waals surface area contributed by atoms with Crippen molar-refractivity contribution in [2.24, 2.45) is 0 Å². The fourth-order valence-corrected chi connectivity index (χ4v) is 2.10. The van der Waals surface area contributed by atoms with Gasteiger partial charge in [-0.05, 0) is 19.1 Å². The number of halogens is 1. The van der Waals surface area contributed by atoms with E-state index in [-0.39, 0.29) is 29.4 Å². The van der Waals surface area contributed by atoms with Crippen molar-refractivity contribution in [3.05, 3.63) is 38.9 Å². The van der Waals surface area contributed by atoms with E-state index in [1.807, 2.05) is 0 Å². The van der Waals surface area contributed by atoms with E-state index in [1.165, 1.54) is 23.1 Å². The summed E-state index contributed by atoms with van der Waals surface area (Å²) in [6.45, 7) is 1.92. The van der Waals surface area contributed by atoms with Crippen LogP contribution in [0.25, 0.3) is 0 Å². The molecule has 1 aromatic rings. The zero-order valence-electron chi connectivity index (χ0n) is 9.59. The van der Waals surface area contributed by atoms with E-state index in [9.17, 15) is 20.0 Å². The van der Waals surface area contributed by atoms with Crippen LogP contribution in [-0.2, 0) is 0 Å². The smallest absolute Gasteiger partial charge is 0.282 e. The first kappa shape index (κ1) is 12.8. The fraction of sp³-hybridized carbons (Fsp3) is 0.364. The summed E-state index contributed by atoms with van der Waals surface area (Å²) >= 11 is 5.74. The predicted octanol–water partition coefficient (Wildman–Crippen LogP) is 1.46. The lowest BCUT2D eigenvalue weighted by atomic mass is 9.95. The molecule has 1 heterocycles. The van der Waals surface area contributed by atoms with Gasteiger partial charge in [0, 0.05) is 11.1 Å². The molecule has 0 unspecified atom stereocenters. The van der Waals surface area contributed by atoms with E-state index in [1.54, 1.807) is 6.92 Å². The minimum absolute atomic E-state index is 0.0528. The third-order valence-corrected chi connectivity index (χ3v) is 2.97. The molecule has 18 heavy (non-hydrogen) atoms. The molecule has 96 valence electrons. The largest absolute Gasteiger partial charge is 0.386 e. The Bertz CT molecular complexity index is 522. The molecule has 1 aliphatic heterocycles. The van der Waals surface area contributed by atoms with E-state index in [0.717, 1.165) is 0 Å². The van der Waals surface area contributed by atoms with Gasteiger partial charge in [-0.15, -0.1) is 0 Å². The Morgan fingerprint density at radius 2 is 2.17 bits per heavy atom. The number of aliphatic hydroxyl groups is 1. The molecular formula is C11H11ClN2O4. The first-order valence-corrected chi connectivity index (χ1v) is 5.63. The summed E-state index contributed by atoms with van der Waals surface area (Å²) in [7, 11) is 0. The summed E-state index contributed by atoms with van der Waals surface area (Å²) in [5.41, 5.74) is -1.25. The Kier molecular flexibility index (Phi) is 3.00. The number of hydrogen-bond acceptors (Lipinski definition) is 4. The Morgan fingerprint density at radius 1 is 1.56 bits per heavy atom. The highest BCUT2D eigenvalue weighted by Gasteiger charge is 2.41. The van der Waals surface area contributed by atoms with Gasteiger partial charge in [0.2, 0.25) is 0 Å². The zero-order valence-corrected chi connectivity index (χ0v) is 10.3. The number of benzene rings is 1. The molecule has 1 aromatic carbocycles. The lowest BCUT2D eigenvalue weighted by molar-refractivity contribution is -0.385. The molecule has 1 saturated heterocycles. The van der Waals surface area contributed by atoms with E-state index in [2.05, 4.69) is 0 Å². The van der Waals surface area contributed by atoms with Crippen molar-refractivity contribution in [3.63, 3.8) is 0 Å². The molecule has 1 aliphatic rings. The first-order valence-electron chi connectivity index (χ1n) is 5.26. The van der Waals surface area contributed by atoms with E-state index in [0.29, 0.717) is 0 Å². The Labute approximate surface area is 108 Å². The van der Waals surface area contributed by atoms with Crippen molar-refractivity contribution in [2.45, 2.75) is 12.5 Å². The van der Waals surface area contributed by atoms with Crippen molar-refractivity contribution < 1.29 is 14.8 Å². The van der Waals surface area contributed by atoms with Gasteiger partial charge in [-0.3, -0.25) is 14.9 Å². The highest BCUT2D eigenvalue weighted by Crippen LogP contribution is 2.28. The lowest BCUT2D eigenvalue weighted by Gasteiger charge is -2.44. The van der Waals surface area contributed by atoms with Gasteiger partial charge in [0.15, 0.2) is 0 Å². The molecular weight excluding hydrogens is 260 g/mol. The van der Waals surface area contributed by atoms with Crippen LogP contribution >= 0.6 is 11.6 Å². The highest BCUT2D eigenvalue weighted by molar-refractivity contribution is 6.31.